The van der Waals surface area contributed by atoms with Gasteiger partial charge in [-0.15, -0.1) is 0 Å². The molecule has 0 aliphatic rings. The zero-order chi connectivity index (χ0) is 15.8. The molecule has 1 aromatic carbocycles. The summed E-state index contributed by atoms with van der Waals surface area (Å²) in [6.45, 7) is 7.81. The number of allylic oxidation sites excluding steroid dienone is 2. The zero-order valence-corrected chi connectivity index (χ0v) is 13.6. The fraction of sp³-hybridized carbons (Fsp3) is 0.222. The number of nitrogens with zero attached hydrogens (tertiary/aromatic N) is 1. The van der Waals surface area contributed by atoms with Crippen LogP contribution in [0.25, 0.3) is 23.1 Å². The molecule has 0 radical (unpaired) electrons. The van der Waals surface area contributed by atoms with E-state index < -0.39 is 0 Å². The van der Waals surface area contributed by atoms with Gasteiger partial charge in [-0.3, -0.25) is 9.78 Å². The highest BCUT2D eigenvalue weighted by Crippen LogP contribution is 2.16. The minimum absolute atomic E-state index is 0.0544. The molecule has 0 fully saturated rings. The van der Waals surface area contributed by atoms with E-state index >= 15 is 0 Å². The average Bonchev–Trinajstić information content (AvgIpc) is 2.62. The maximum atomic E-state index is 12.6. The highest BCUT2D eigenvalue weighted by molar-refractivity contribution is 6.31. The summed E-state index contributed by atoms with van der Waals surface area (Å²) in [4.78, 5) is 16.8. The van der Waals surface area contributed by atoms with Gasteiger partial charge in [0.2, 0.25) is 0 Å². The van der Waals surface area contributed by atoms with Crippen LogP contribution in [0, 0.1) is 0 Å². The fourth-order valence-corrected chi connectivity index (χ4v) is 2.12. The first-order chi connectivity index (χ1) is 10.2. The van der Waals surface area contributed by atoms with E-state index in [-0.39, 0.29) is 5.43 Å². The second-order valence-electron chi connectivity index (χ2n) is 4.12. The van der Waals surface area contributed by atoms with Crippen LogP contribution in [-0.2, 0) is 0 Å². The zero-order valence-electron chi connectivity index (χ0n) is 12.9. The molecule has 0 aliphatic heterocycles. The van der Waals surface area contributed by atoms with Crippen LogP contribution in [0.2, 0.25) is 5.02 Å². The van der Waals surface area contributed by atoms with Crippen molar-refractivity contribution in [1.29, 1.82) is 0 Å². The van der Waals surface area contributed by atoms with E-state index in [0.29, 0.717) is 21.5 Å². The molecule has 0 unspecified atom stereocenters. The Kier molecular flexibility index (Phi) is 6.83. The van der Waals surface area contributed by atoms with Crippen LogP contribution in [0.4, 0.5) is 0 Å². The molecule has 0 spiro atoms. The maximum Gasteiger partial charge on any atom is 0.195 e. The molecule has 3 heteroatoms. The van der Waals surface area contributed by atoms with Crippen molar-refractivity contribution in [3.8, 4) is 0 Å². The lowest BCUT2D eigenvalue weighted by atomic mass is 10.1. The molecular weight excluding hydrogens is 282 g/mol. The quantitative estimate of drug-likeness (QED) is 0.749. The van der Waals surface area contributed by atoms with Gasteiger partial charge in [0.05, 0.1) is 10.5 Å². The predicted octanol–water partition coefficient (Wildman–Crippen LogP) is 5.34. The molecule has 0 bridgehead atoms. The van der Waals surface area contributed by atoms with E-state index in [2.05, 4.69) is 4.98 Å². The molecule has 0 saturated carbocycles. The first kappa shape index (κ1) is 17.1. The molecule has 2 nitrogen and oxygen atoms in total. The van der Waals surface area contributed by atoms with Gasteiger partial charge in [0.15, 0.2) is 5.43 Å². The summed E-state index contributed by atoms with van der Waals surface area (Å²) in [6.07, 6.45) is 9.05. The summed E-state index contributed by atoms with van der Waals surface area (Å²) in [5.74, 6) is 0. The van der Waals surface area contributed by atoms with Crippen molar-refractivity contribution in [2.75, 3.05) is 0 Å². The Labute approximate surface area is 130 Å². The molecule has 1 heterocycles. The fourth-order valence-electron chi connectivity index (χ4n) is 1.96. The second kappa shape index (κ2) is 8.38. The lowest BCUT2D eigenvalue weighted by Crippen LogP contribution is -2.04. The molecule has 0 saturated heterocycles. The summed E-state index contributed by atoms with van der Waals surface area (Å²) < 4.78 is 0. The molecule has 2 rings (SSSR count). The van der Waals surface area contributed by atoms with Gasteiger partial charge < -0.3 is 0 Å². The van der Waals surface area contributed by atoms with Gasteiger partial charge in [-0.05, 0) is 31.5 Å². The van der Waals surface area contributed by atoms with E-state index in [4.69, 9.17) is 11.6 Å². The van der Waals surface area contributed by atoms with Crippen LogP contribution in [0.1, 0.15) is 38.8 Å². The van der Waals surface area contributed by atoms with Crippen LogP contribution < -0.4 is 5.43 Å². The summed E-state index contributed by atoms with van der Waals surface area (Å²) in [6, 6.07) is 5.41. The van der Waals surface area contributed by atoms with Gasteiger partial charge in [0.1, 0.15) is 0 Å². The molecule has 0 aliphatic carbocycles. The molecule has 2 aromatic rings. The third-order valence-electron chi connectivity index (χ3n) is 2.79. The van der Waals surface area contributed by atoms with Crippen LogP contribution in [0.3, 0.4) is 0 Å². The number of hydrogen-bond acceptors (Lipinski definition) is 2. The Morgan fingerprint density at radius 3 is 2.38 bits per heavy atom. The van der Waals surface area contributed by atoms with Crippen LogP contribution in [-0.4, -0.2) is 4.98 Å². The van der Waals surface area contributed by atoms with Gasteiger partial charge in [0.25, 0.3) is 0 Å². The highest BCUT2D eigenvalue weighted by Gasteiger charge is 2.06. The number of pyridine rings is 1. The first-order valence-electron chi connectivity index (χ1n) is 7.05. The van der Waals surface area contributed by atoms with Crippen molar-refractivity contribution < 1.29 is 0 Å². The Bertz CT molecular complexity index is 733. The highest BCUT2D eigenvalue weighted by atomic mass is 35.5. The maximum absolute atomic E-state index is 12.6. The monoisotopic (exact) mass is 301 g/mol. The van der Waals surface area contributed by atoms with Gasteiger partial charge in [-0.2, -0.15) is 0 Å². The van der Waals surface area contributed by atoms with E-state index in [1.54, 1.807) is 12.3 Å². The number of hydrogen-bond donors (Lipinski definition) is 0. The van der Waals surface area contributed by atoms with Crippen molar-refractivity contribution >= 4 is 34.7 Å². The standard InChI is InChI=1S/C16H14ClNO.C2H6/c1-3-5-11-7-8-15-14(9-12(17)10-18-15)16(19)13(11)6-4-2;1-2/h3-10H,1-2H3;1-2H3/b5-3-,6-4-;. The third kappa shape index (κ3) is 4.02. The number of aromatic nitrogens is 1. The van der Waals surface area contributed by atoms with E-state index in [1.165, 1.54) is 0 Å². The molecule has 21 heavy (non-hydrogen) atoms. The average molecular weight is 302 g/mol. The first-order valence-corrected chi connectivity index (χ1v) is 7.43. The number of rotatable bonds is 2. The Balaban J connectivity index is 0.00000106. The predicted molar refractivity (Wildman–Crippen MR) is 93.8 cm³/mol. The van der Waals surface area contributed by atoms with Gasteiger partial charge in [0, 0.05) is 17.1 Å². The van der Waals surface area contributed by atoms with Crippen LogP contribution in [0.15, 0.2) is 41.3 Å². The summed E-state index contributed by atoms with van der Waals surface area (Å²) in [7, 11) is 0. The van der Waals surface area contributed by atoms with E-state index in [0.717, 1.165) is 5.56 Å². The van der Waals surface area contributed by atoms with E-state index in [9.17, 15) is 4.79 Å². The van der Waals surface area contributed by atoms with Gasteiger partial charge in [-0.25, -0.2) is 0 Å². The van der Waals surface area contributed by atoms with Crippen molar-refractivity contribution in [2.24, 2.45) is 0 Å². The van der Waals surface area contributed by atoms with Crippen molar-refractivity contribution in [3.05, 3.63) is 62.9 Å². The van der Waals surface area contributed by atoms with Crippen LogP contribution >= 0.6 is 11.6 Å². The molecule has 110 valence electrons. The smallest absolute Gasteiger partial charge is 0.195 e. The molecule has 1 aromatic heterocycles. The van der Waals surface area contributed by atoms with E-state index in [1.807, 2.05) is 64.1 Å². The Morgan fingerprint density at radius 1 is 1.10 bits per heavy atom. The summed E-state index contributed by atoms with van der Waals surface area (Å²) >= 11 is 5.93. The Morgan fingerprint density at radius 2 is 1.76 bits per heavy atom. The lowest BCUT2D eigenvalue weighted by Gasteiger charge is -1.95. The van der Waals surface area contributed by atoms with Gasteiger partial charge >= 0.3 is 0 Å². The van der Waals surface area contributed by atoms with Crippen molar-refractivity contribution in [1.82, 2.24) is 4.98 Å². The second-order valence-corrected chi connectivity index (χ2v) is 4.55. The topological polar surface area (TPSA) is 30.0 Å². The molecular formula is C18H20ClNO. The molecule has 0 atom stereocenters. The van der Waals surface area contributed by atoms with Gasteiger partial charge in [-0.1, -0.05) is 55.8 Å². The van der Waals surface area contributed by atoms with Crippen molar-refractivity contribution in [2.45, 2.75) is 27.7 Å². The molecule has 0 amide bonds. The minimum Gasteiger partial charge on any atom is -0.289 e. The SMILES string of the molecule is C/C=C\c1ccc2ncc(Cl)cc2c(=O)c1/C=C\C.CC. The lowest BCUT2D eigenvalue weighted by molar-refractivity contribution is 1.41. The number of halogens is 1. The minimum atomic E-state index is -0.0544. The van der Waals surface area contributed by atoms with Crippen molar-refractivity contribution in [3.63, 3.8) is 0 Å². The molecule has 0 N–H and O–H groups in total. The largest absolute Gasteiger partial charge is 0.289 e. The normalized spacial score (nSPS) is 10.9. The summed E-state index contributed by atoms with van der Waals surface area (Å²) in [5.41, 5.74) is 2.12. The summed E-state index contributed by atoms with van der Waals surface area (Å²) in [5, 5.41) is 1.01. The Hall–Kier alpha value is -1.93. The number of fused-ring (bicyclic) bond motifs is 1. The van der Waals surface area contributed by atoms with Crippen LogP contribution in [0.5, 0.6) is 0 Å². The third-order valence-corrected chi connectivity index (χ3v) is 2.99.